The minimum Gasteiger partial charge on any atom is -0.492 e. The summed E-state index contributed by atoms with van der Waals surface area (Å²) in [5.41, 5.74) is -2.32. The topological polar surface area (TPSA) is 56.6 Å². The van der Waals surface area contributed by atoms with E-state index >= 15 is 0 Å². The monoisotopic (exact) mass is 477 g/mol. The highest BCUT2D eigenvalue weighted by molar-refractivity contribution is 7.99. The molecular weight excluding hydrogens is 459 g/mol. The summed E-state index contributed by atoms with van der Waals surface area (Å²) in [5, 5.41) is 9.09. The van der Waals surface area contributed by atoms with E-state index in [0.717, 1.165) is 40.6 Å². The summed E-state index contributed by atoms with van der Waals surface area (Å²) in [6.45, 7) is 0.631. The van der Waals surface area contributed by atoms with E-state index in [-0.39, 0.29) is 11.6 Å². The SMILES string of the molecule is N#Cc1ccc(N2C(=O)C3(CCC3)N(c3ccc4c(c3)SCCO4)C2S)cc1C(F)(F)F. The molecule has 1 saturated heterocycles. The van der Waals surface area contributed by atoms with Crippen LogP contribution in [0.25, 0.3) is 0 Å². The number of nitriles is 1. The molecule has 166 valence electrons. The first-order valence-corrected chi connectivity index (χ1v) is 11.6. The molecule has 0 bridgehead atoms. The Morgan fingerprint density at radius 2 is 1.94 bits per heavy atom. The number of fused-ring (bicyclic) bond motifs is 1. The van der Waals surface area contributed by atoms with Crippen molar-refractivity contribution in [2.24, 2.45) is 0 Å². The molecular formula is C22H18F3N3O2S2. The average molecular weight is 478 g/mol. The third-order valence-electron chi connectivity index (χ3n) is 6.23. The molecule has 2 aliphatic heterocycles. The number of hydrogen-bond donors (Lipinski definition) is 1. The van der Waals surface area contributed by atoms with Crippen molar-refractivity contribution in [1.29, 1.82) is 5.26 Å². The quantitative estimate of drug-likeness (QED) is 0.614. The van der Waals surface area contributed by atoms with Crippen molar-refractivity contribution in [2.75, 3.05) is 22.2 Å². The van der Waals surface area contributed by atoms with Gasteiger partial charge in [0.2, 0.25) is 0 Å². The second kappa shape index (κ2) is 7.52. The fourth-order valence-corrected chi connectivity index (χ4v) is 6.01. The zero-order valence-electron chi connectivity index (χ0n) is 16.7. The Morgan fingerprint density at radius 3 is 2.59 bits per heavy atom. The van der Waals surface area contributed by atoms with E-state index in [4.69, 9.17) is 22.6 Å². The van der Waals surface area contributed by atoms with Crippen LogP contribution in [0.3, 0.4) is 0 Å². The fraction of sp³-hybridized carbons (Fsp3) is 0.364. The lowest BCUT2D eigenvalue weighted by molar-refractivity contribution is -0.137. The Hall–Kier alpha value is -2.51. The number of nitrogens with zero attached hydrogens (tertiary/aromatic N) is 3. The number of carbonyl (C=O) groups excluding carboxylic acids is 1. The van der Waals surface area contributed by atoms with Crippen molar-refractivity contribution in [3.63, 3.8) is 0 Å². The molecule has 1 atom stereocenters. The van der Waals surface area contributed by atoms with Gasteiger partial charge in [-0.1, -0.05) is 0 Å². The Kier molecular flexibility index (Phi) is 5.02. The standard InChI is InChI=1S/C22H18F3N3O2S2/c23-22(24,25)16-10-14(3-2-13(16)12-26)27-19(29)21(6-1-7-21)28(20(27)31)15-4-5-17-18(11-15)32-9-8-30-17/h2-5,10-11,20,31H,1,6-9H2. The summed E-state index contributed by atoms with van der Waals surface area (Å²) in [7, 11) is 0. The van der Waals surface area contributed by atoms with E-state index in [9.17, 15) is 18.0 Å². The molecule has 0 radical (unpaired) electrons. The highest BCUT2D eigenvalue weighted by Gasteiger charge is 2.60. The van der Waals surface area contributed by atoms with Gasteiger partial charge in [-0.2, -0.15) is 18.4 Å². The maximum atomic E-state index is 13.6. The molecule has 2 aromatic rings. The highest BCUT2D eigenvalue weighted by atomic mass is 32.2. The van der Waals surface area contributed by atoms with E-state index < -0.39 is 28.3 Å². The van der Waals surface area contributed by atoms with Crippen LogP contribution in [0.15, 0.2) is 41.3 Å². The van der Waals surface area contributed by atoms with E-state index in [1.807, 2.05) is 23.1 Å². The number of ether oxygens (including phenoxy) is 1. The van der Waals surface area contributed by atoms with Gasteiger partial charge in [-0.05, 0) is 55.7 Å². The number of carbonyl (C=O) groups is 1. The summed E-state index contributed by atoms with van der Waals surface area (Å²) >= 11 is 6.36. The Bertz CT molecular complexity index is 1140. The van der Waals surface area contributed by atoms with Gasteiger partial charge in [0.1, 0.15) is 11.3 Å². The minimum absolute atomic E-state index is 0.0748. The highest BCUT2D eigenvalue weighted by Crippen LogP contribution is 2.51. The fourth-order valence-electron chi connectivity index (χ4n) is 4.56. The summed E-state index contributed by atoms with van der Waals surface area (Å²) in [4.78, 5) is 17.7. The molecule has 1 spiro atoms. The minimum atomic E-state index is -4.71. The average Bonchev–Trinajstić information content (AvgIpc) is 2.99. The van der Waals surface area contributed by atoms with Crippen molar-refractivity contribution in [1.82, 2.24) is 0 Å². The molecule has 5 rings (SSSR count). The Balaban J connectivity index is 1.58. The maximum absolute atomic E-state index is 13.6. The van der Waals surface area contributed by atoms with Crippen molar-refractivity contribution in [3.8, 4) is 11.8 Å². The molecule has 1 unspecified atom stereocenters. The second-order valence-corrected chi connectivity index (χ2v) is 9.54. The number of thiol groups is 1. The van der Waals surface area contributed by atoms with Gasteiger partial charge >= 0.3 is 6.18 Å². The van der Waals surface area contributed by atoms with Crippen LogP contribution in [-0.2, 0) is 11.0 Å². The normalized spacial score (nSPS) is 21.7. The molecule has 2 heterocycles. The van der Waals surface area contributed by atoms with Gasteiger partial charge in [0, 0.05) is 17.1 Å². The summed E-state index contributed by atoms with van der Waals surface area (Å²) in [5.74, 6) is 1.33. The summed E-state index contributed by atoms with van der Waals surface area (Å²) in [6, 6.07) is 10.6. The van der Waals surface area contributed by atoms with E-state index in [0.29, 0.717) is 19.4 Å². The first kappa shape index (κ1) is 21.3. The van der Waals surface area contributed by atoms with E-state index in [1.54, 1.807) is 17.8 Å². The first-order valence-electron chi connectivity index (χ1n) is 10.1. The molecule has 5 nitrogen and oxygen atoms in total. The number of halogens is 3. The van der Waals surface area contributed by atoms with Gasteiger partial charge in [-0.15, -0.1) is 24.4 Å². The van der Waals surface area contributed by atoms with Crippen molar-refractivity contribution >= 4 is 41.7 Å². The Labute approximate surface area is 192 Å². The molecule has 1 aliphatic carbocycles. The number of alkyl halides is 3. The second-order valence-electron chi connectivity index (χ2n) is 7.94. The zero-order valence-corrected chi connectivity index (χ0v) is 18.4. The molecule has 3 aliphatic rings. The summed E-state index contributed by atoms with van der Waals surface area (Å²) < 4.78 is 46.3. The van der Waals surface area contributed by atoms with Crippen molar-refractivity contribution < 1.29 is 22.7 Å². The van der Waals surface area contributed by atoms with E-state index in [1.165, 1.54) is 11.0 Å². The lowest BCUT2D eigenvalue weighted by Crippen LogP contribution is -2.55. The number of benzene rings is 2. The molecule has 2 fully saturated rings. The van der Waals surface area contributed by atoms with Crippen LogP contribution in [0, 0.1) is 11.3 Å². The van der Waals surface area contributed by atoms with Crippen LogP contribution in [0.5, 0.6) is 5.75 Å². The van der Waals surface area contributed by atoms with Crippen molar-refractivity contribution in [3.05, 3.63) is 47.5 Å². The predicted octanol–water partition coefficient (Wildman–Crippen LogP) is 5.05. The summed E-state index contributed by atoms with van der Waals surface area (Å²) in [6.07, 6.45) is -2.66. The molecule has 32 heavy (non-hydrogen) atoms. The molecule has 1 saturated carbocycles. The third kappa shape index (κ3) is 3.13. The van der Waals surface area contributed by atoms with Crippen LogP contribution in [0.1, 0.15) is 30.4 Å². The number of amides is 1. The van der Waals surface area contributed by atoms with Crippen LogP contribution in [0.4, 0.5) is 24.5 Å². The largest absolute Gasteiger partial charge is 0.492 e. The lowest BCUT2D eigenvalue weighted by atomic mass is 9.75. The number of thioether (sulfide) groups is 1. The third-order valence-corrected chi connectivity index (χ3v) is 7.69. The maximum Gasteiger partial charge on any atom is 0.417 e. The number of anilines is 2. The van der Waals surface area contributed by atoms with Gasteiger partial charge in [0.05, 0.1) is 28.7 Å². The number of rotatable bonds is 2. The first-order chi connectivity index (χ1) is 15.3. The van der Waals surface area contributed by atoms with Gasteiger partial charge in [0.25, 0.3) is 5.91 Å². The van der Waals surface area contributed by atoms with Crippen LogP contribution in [0.2, 0.25) is 0 Å². The van der Waals surface area contributed by atoms with Gasteiger partial charge < -0.3 is 9.64 Å². The predicted molar refractivity (Wildman–Crippen MR) is 118 cm³/mol. The van der Waals surface area contributed by atoms with Crippen LogP contribution in [-0.4, -0.2) is 29.3 Å². The zero-order chi connectivity index (χ0) is 22.7. The molecule has 0 aromatic heterocycles. The molecule has 0 N–H and O–H groups in total. The van der Waals surface area contributed by atoms with Gasteiger partial charge in [-0.25, -0.2) is 0 Å². The molecule has 2 aromatic carbocycles. The van der Waals surface area contributed by atoms with Crippen LogP contribution < -0.4 is 14.5 Å². The Morgan fingerprint density at radius 1 is 1.19 bits per heavy atom. The molecule has 10 heteroatoms. The smallest absolute Gasteiger partial charge is 0.417 e. The van der Waals surface area contributed by atoms with Crippen LogP contribution >= 0.6 is 24.4 Å². The van der Waals surface area contributed by atoms with Gasteiger partial charge in [0.15, 0.2) is 5.50 Å². The van der Waals surface area contributed by atoms with Gasteiger partial charge in [-0.3, -0.25) is 9.69 Å². The lowest BCUT2D eigenvalue weighted by Gasteiger charge is -2.44. The van der Waals surface area contributed by atoms with Crippen molar-refractivity contribution in [2.45, 2.75) is 41.4 Å². The molecule has 1 amide bonds. The van der Waals surface area contributed by atoms with E-state index in [2.05, 4.69) is 0 Å². The number of hydrogen-bond acceptors (Lipinski definition) is 6.